The second-order valence-electron chi connectivity index (χ2n) is 3.39. The summed E-state index contributed by atoms with van der Waals surface area (Å²) < 4.78 is 0. The summed E-state index contributed by atoms with van der Waals surface area (Å²) in [6, 6.07) is 6.71. The van der Waals surface area contributed by atoms with E-state index in [0.717, 1.165) is 0 Å². The van der Waals surface area contributed by atoms with Crippen molar-refractivity contribution in [2.75, 3.05) is 0 Å². The molecule has 86 valence electrons. The second kappa shape index (κ2) is 5.25. The molecule has 0 saturated carbocycles. The standard InChI is InChI=1S/C12H8Cl2N2O/c13-9-2-1-3-10(14)8(9)6-12(17)11-4-5-15-7-16-11/h1-5,7H,6H2. The van der Waals surface area contributed by atoms with Crippen LogP contribution in [0, 0.1) is 0 Å². The molecule has 0 N–H and O–H groups in total. The van der Waals surface area contributed by atoms with Gasteiger partial charge in [0.25, 0.3) is 0 Å². The largest absolute Gasteiger partial charge is 0.292 e. The number of rotatable bonds is 3. The average Bonchev–Trinajstić information content (AvgIpc) is 2.35. The fourth-order valence-electron chi connectivity index (χ4n) is 1.41. The lowest BCUT2D eigenvalue weighted by Crippen LogP contribution is -2.06. The molecule has 1 heterocycles. The number of nitrogens with zero attached hydrogens (tertiary/aromatic N) is 2. The topological polar surface area (TPSA) is 42.9 Å². The summed E-state index contributed by atoms with van der Waals surface area (Å²) in [7, 11) is 0. The molecule has 17 heavy (non-hydrogen) atoms. The lowest BCUT2D eigenvalue weighted by Gasteiger charge is -2.05. The highest BCUT2D eigenvalue weighted by atomic mass is 35.5. The van der Waals surface area contributed by atoms with Crippen molar-refractivity contribution in [3.8, 4) is 0 Å². The van der Waals surface area contributed by atoms with Crippen LogP contribution >= 0.6 is 23.2 Å². The van der Waals surface area contributed by atoms with Crippen LogP contribution in [-0.2, 0) is 6.42 Å². The summed E-state index contributed by atoms with van der Waals surface area (Å²) in [5.74, 6) is -0.137. The van der Waals surface area contributed by atoms with Crippen molar-refractivity contribution in [2.45, 2.75) is 6.42 Å². The molecular formula is C12H8Cl2N2O. The van der Waals surface area contributed by atoms with Gasteiger partial charge in [-0.1, -0.05) is 29.3 Å². The van der Waals surface area contributed by atoms with Crippen molar-refractivity contribution in [3.63, 3.8) is 0 Å². The fourth-order valence-corrected chi connectivity index (χ4v) is 1.94. The van der Waals surface area contributed by atoms with Crippen molar-refractivity contribution >= 4 is 29.0 Å². The molecule has 0 bridgehead atoms. The molecule has 0 aliphatic carbocycles. The Kier molecular flexibility index (Phi) is 3.71. The predicted octanol–water partition coefficient (Wildman–Crippen LogP) is 3.21. The van der Waals surface area contributed by atoms with E-state index in [1.807, 2.05) is 0 Å². The van der Waals surface area contributed by atoms with Gasteiger partial charge in [0.2, 0.25) is 0 Å². The van der Waals surface area contributed by atoms with E-state index in [1.54, 1.807) is 24.3 Å². The number of carbonyl (C=O) groups is 1. The minimum atomic E-state index is -0.137. The summed E-state index contributed by atoms with van der Waals surface area (Å²) in [5, 5.41) is 0.972. The SMILES string of the molecule is O=C(Cc1c(Cl)cccc1Cl)c1ccncn1. The number of benzene rings is 1. The molecule has 0 aliphatic heterocycles. The third-order valence-electron chi connectivity index (χ3n) is 2.27. The Balaban J connectivity index is 2.25. The predicted molar refractivity (Wildman–Crippen MR) is 66.5 cm³/mol. The number of hydrogen-bond acceptors (Lipinski definition) is 3. The molecule has 0 spiro atoms. The van der Waals surface area contributed by atoms with Crippen LogP contribution in [0.2, 0.25) is 10.0 Å². The van der Waals surface area contributed by atoms with Gasteiger partial charge in [0.15, 0.2) is 5.78 Å². The van der Waals surface area contributed by atoms with E-state index in [-0.39, 0.29) is 12.2 Å². The molecule has 0 unspecified atom stereocenters. The zero-order valence-corrected chi connectivity index (χ0v) is 10.2. The van der Waals surface area contributed by atoms with Crippen LogP contribution in [0.1, 0.15) is 16.1 Å². The number of halogens is 2. The van der Waals surface area contributed by atoms with Crippen molar-refractivity contribution in [3.05, 3.63) is 58.1 Å². The minimum Gasteiger partial charge on any atom is -0.292 e. The Morgan fingerprint density at radius 2 is 1.88 bits per heavy atom. The van der Waals surface area contributed by atoms with Gasteiger partial charge in [-0.3, -0.25) is 4.79 Å². The molecule has 0 saturated heterocycles. The van der Waals surface area contributed by atoms with E-state index in [1.165, 1.54) is 12.5 Å². The first kappa shape index (κ1) is 12.0. The first-order chi connectivity index (χ1) is 8.18. The molecule has 1 aromatic heterocycles. The summed E-state index contributed by atoms with van der Waals surface area (Å²) in [6.07, 6.45) is 2.99. The van der Waals surface area contributed by atoms with Gasteiger partial charge < -0.3 is 0 Å². The first-order valence-electron chi connectivity index (χ1n) is 4.90. The van der Waals surface area contributed by atoms with Gasteiger partial charge in [0.1, 0.15) is 12.0 Å². The quantitative estimate of drug-likeness (QED) is 0.802. The van der Waals surface area contributed by atoms with E-state index in [2.05, 4.69) is 9.97 Å². The maximum Gasteiger partial charge on any atom is 0.185 e. The lowest BCUT2D eigenvalue weighted by atomic mass is 10.1. The third-order valence-corrected chi connectivity index (χ3v) is 2.97. The van der Waals surface area contributed by atoms with Gasteiger partial charge in [-0.15, -0.1) is 0 Å². The molecule has 3 nitrogen and oxygen atoms in total. The maximum absolute atomic E-state index is 11.9. The molecule has 0 radical (unpaired) electrons. The van der Waals surface area contributed by atoms with Gasteiger partial charge in [0, 0.05) is 22.7 Å². The summed E-state index contributed by atoms with van der Waals surface area (Å²) in [6.45, 7) is 0. The Bertz CT molecular complexity index is 523. The van der Waals surface area contributed by atoms with Crippen molar-refractivity contribution in [1.29, 1.82) is 0 Å². The molecule has 0 atom stereocenters. The van der Waals surface area contributed by atoms with E-state index in [4.69, 9.17) is 23.2 Å². The van der Waals surface area contributed by atoms with Crippen LogP contribution in [0.5, 0.6) is 0 Å². The zero-order chi connectivity index (χ0) is 12.3. The summed E-state index contributed by atoms with van der Waals surface area (Å²) in [5.41, 5.74) is 0.982. The molecule has 1 aromatic carbocycles. The van der Waals surface area contributed by atoms with E-state index in [0.29, 0.717) is 21.3 Å². The fraction of sp³-hybridized carbons (Fsp3) is 0.0833. The summed E-state index contributed by atoms with van der Waals surface area (Å²) in [4.78, 5) is 19.6. The van der Waals surface area contributed by atoms with Crippen LogP contribution in [0.4, 0.5) is 0 Å². The van der Waals surface area contributed by atoms with Gasteiger partial charge in [-0.25, -0.2) is 9.97 Å². The van der Waals surface area contributed by atoms with Crippen molar-refractivity contribution in [1.82, 2.24) is 9.97 Å². The Labute approximate surface area is 108 Å². The van der Waals surface area contributed by atoms with Crippen LogP contribution < -0.4 is 0 Å². The minimum absolute atomic E-state index is 0.134. The van der Waals surface area contributed by atoms with Gasteiger partial charge in [-0.05, 0) is 23.8 Å². The highest BCUT2D eigenvalue weighted by molar-refractivity contribution is 6.36. The van der Waals surface area contributed by atoms with Crippen LogP contribution in [0.3, 0.4) is 0 Å². The maximum atomic E-state index is 11.9. The van der Waals surface area contributed by atoms with E-state index in [9.17, 15) is 4.79 Å². The van der Waals surface area contributed by atoms with Gasteiger partial charge in [-0.2, -0.15) is 0 Å². The number of ketones is 1. The molecule has 0 amide bonds. The normalized spacial score (nSPS) is 10.2. The average molecular weight is 267 g/mol. The van der Waals surface area contributed by atoms with E-state index < -0.39 is 0 Å². The number of carbonyl (C=O) groups excluding carboxylic acids is 1. The van der Waals surface area contributed by atoms with Crippen molar-refractivity contribution in [2.24, 2.45) is 0 Å². The third kappa shape index (κ3) is 2.81. The Hall–Kier alpha value is -1.45. The second-order valence-corrected chi connectivity index (χ2v) is 4.21. The smallest absolute Gasteiger partial charge is 0.185 e. The lowest BCUT2D eigenvalue weighted by molar-refractivity contribution is 0.0988. The Morgan fingerprint density at radius 3 is 2.47 bits per heavy atom. The van der Waals surface area contributed by atoms with Crippen LogP contribution in [-0.4, -0.2) is 15.8 Å². The van der Waals surface area contributed by atoms with Gasteiger partial charge >= 0.3 is 0 Å². The van der Waals surface area contributed by atoms with E-state index >= 15 is 0 Å². The molecule has 5 heteroatoms. The summed E-state index contributed by atoms with van der Waals surface area (Å²) >= 11 is 12.0. The molecule has 0 fully saturated rings. The molecule has 2 rings (SSSR count). The molecule has 0 aliphatic rings. The first-order valence-corrected chi connectivity index (χ1v) is 5.66. The highest BCUT2D eigenvalue weighted by Crippen LogP contribution is 2.25. The zero-order valence-electron chi connectivity index (χ0n) is 8.73. The monoisotopic (exact) mass is 266 g/mol. The highest BCUT2D eigenvalue weighted by Gasteiger charge is 2.13. The molecular weight excluding hydrogens is 259 g/mol. The van der Waals surface area contributed by atoms with Crippen LogP contribution in [0.25, 0.3) is 0 Å². The van der Waals surface area contributed by atoms with Crippen LogP contribution in [0.15, 0.2) is 36.8 Å². The van der Waals surface area contributed by atoms with Gasteiger partial charge in [0.05, 0.1) is 0 Å². The number of aromatic nitrogens is 2. The number of hydrogen-bond donors (Lipinski definition) is 0. The Morgan fingerprint density at radius 1 is 1.18 bits per heavy atom. The molecule has 2 aromatic rings. The number of Topliss-reactive ketones (excluding diaryl/α,β-unsaturated/α-hetero) is 1. The van der Waals surface area contributed by atoms with Crippen molar-refractivity contribution < 1.29 is 4.79 Å².